The summed E-state index contributed by atoms with van der Waals surface area (Å²) in [5.74, 6) is -0.332. The number of anilines is 1. The zero-order valence-corrected chi connectivity index (χ0v) is 15.6. The molecule has 0 saturated heterocycles. The van der Waals surface area contributed by atoms with Crippen molar-refractivity contribution in [3.63, 3.8) is 0 Å². The molecule has 0 fully saturated rings. The second kappa shape index (κ2) is 8.85. The predicted molar refractivity (Wildman–Crippen MR) is 100 cm³/mol. The van der Waals surface area contributed by atoms with Crippen LogP contribution in [0, 0.1) is 0 Å². The summed E-state index contributed by atoms with van der Waals surface area (Å²) in [6.45, 7) is 0.00130. The number of nitrogens with zero attached hydrogens (tertiary/aromatic N) is 1. The van der Waals surface area contributed by atoms with Gasteiger partial charge in [0.15, 0.2) is 0 Å². The summed E-state index contributed by atoms with van der Waals surface area (Å²) in [6, 6.07) is 14.7. The Hall–Kier alpha value is -1.85. The van der Waals surface area contributed by atoms with E-state index in [2.05, 4.69) is 21.2 Å². The molecule has 0 radical (unpaired) electrons. The van der Waals surface area contributed by atoms with E-state index in [0.29, 0.717) is 23.6 Å². The molecule has 0 spiro atoms. The Kier molecular flexibility index (Phi) is 6.82. The average molecular weight is 410 g/mol. The van der Waals surface area contributed by atoms with Crippen LogP contribution in [-0.2, 0) is 16.0 Å². The lowest BCUT2D eigenvalue weighted by atomic mass is 10.1. The quantitative estimate of drug-likeness (QED) is 0.780. The van der Waals surface area contributed by atoms with Crippen molar-refractivity contribution in [2.45, 2.75) is 12.8 Å². The van der Waals surface area contributed by atoms with Gasteiger partial charge in [0.1, 0.15) is 0 Å². The predicted octanol–water partition coefficient (Wildman–Crippen LogP) is 4.13. The summed E-state index contributed by atoms with van der Waals surface area (Å²) in [5, 5.41) is 3.27. The first-order valence-electron chi connectivity index (χ1n) is 7.48. The van der Waals surface area contributed by atoms with Crippen LogP contribution in [0.1, 0.15) is 12.0 Å². The summed E-state index contributed by atoms with van der Waals surface area (Å²) in [4.78, 5) is 25.6. The number of nitrogens with one attached hydrogen (secondary N) is 1. The lowest BCUT2D eigenvalue weighted by Crippen LogP contribution is -2.35. The van der Waals surface area contributed by atoms with E-state index in [1.807, 2.05) is 24.3 Å². The van der Waals surface area contributed by atoms with E-state index < -0.39 is 0 Å². The lowest BCUT2D eigenvalue weighted by molar-refractivity contribution is -0.133. The van der Waals surface area contributed by atoms with Crippen LogP contribution in [0.4, 0.5) is 5.69 Å². The molecule has 0 bridgehead atoms. The fraction of sp³-hybridized carbons (Fsp3) is 0.222. The Morgan fingerprint density at radius 3 is 2.62 bits per heavy atom. The third-order valence-electron chi connectivity index (χ3n) is 3.48. The average Bonchev–Trinajstić information content (AvgIpc) is 2.53. The van der Waals surface area contributed by atoms with Gasteiger partial charge < -0.3 is 10.2 Å². The normalized spacial score (nSPS) is 10.3. The molecule has 2 aromatic rings. The van der Waals surface area contributed by atoms with Crippen molar-refractivity contribution in [3.05, 3.63) is 63.6 Å². The lowest BCUT2D eigenvalue weighted by Gasteiger charge is -2.17. The summed E-state index contributed by atoms with van der Waals surface area (Å²) >= 11 is 9.34. The molecule has 2 amide bonds. The number of aryl methyl sites for hydroxylation is 1. The van der Waals surface area contributed by atoms with Gasteiger partial charge >= 0.3 is 0 Å². The molecule has 0 aliphatic rings. The Balaban J connectivity index is 1.82. The van der Waals surface area contributed by atoms with Crippen molar-refractivity contribution in [3.8, 4) is 0 Å². The van der Waals surface area contributed by atoms with Crippen molar-refractivity contribution >= 4 is 45.0 Å². The number of carbonyl (C=O) groups is 2. The second-order valence-corrected chi connectivity index (χ2v) is 6.69. The summed E-state index contributed by atoms with van der Waals surface area (Å²) < 4.78 is 0.985. The Morgan fingerprint density at radius 2 is 1.92 bits per heavy atom. The molecule has 0 atom stereocenters. The van der Waals surface area contributed by atoms with Crippen LogP contribution in [0.5, 0.6) is 0 Å². The fourth-order valence-electron chi connectivity index (χ4n) is 2.20. The van der Waals surface area contributed by atoms with Gasteiger partial charge in [0.25, 0.3) is 0 Å². The number of carbonyl (C=O) groups excluding carboxylic acids is 2. The summed E-state index contributed by atoms with van der Waals surface area (Å²) in [6.07, 6.45) is 0.976. The molecule has 1 N–H and O–H groups in total. The zero-order chi connectivity index (χ0) is 17.5. The largest absolute Gasteiger partial charge is 0.336 e. The number of hydrogen-bond donors (Lipinski definition) is 1. The maximum absolute atomic E-state index is 12.2. The zero-order valence-electron chi connectivity index (χ0n) is 13.3. The Bertz CT molecular complexity index is 736. The molecule has 0 aromatic heterocycles. The minimum absolute atomic E-state index is 0.00130. The Morgan fingerprint density at radius 1 is 1.17 bits per heavy atom. The highest BCUT2D eigenvalue weighted by molar-refractivity contribution is 9.10. The monoisotopic (exact) mass is 408 g/mol. The van der Waals surface area contributed by atoms with Gasteiger partial charge in [0.2, 0.25) is 11.8 Å². The molecule has 2 aromatic carbocycles. The smallest absolute Gasteiger partial charge is 0.243 e. The molecule has 0 heterocycles. The van der Waals surface area contributed by atoms with E-state index in [4.69, 9.17) is 11.6 Å². The van der Waals surface area contributed by atoms with Crippen molar-refractivity contribution in [2.75, 3.05) is 18.9 Å². The molecule has 6 heteroatoms. The molecule has 126 valence electrons. The highest BCUT2D eigenvalue weighted by Gasteiger charge is 2.13. The van der Waals surface area contributed by atoms with E-state index >= 15 is 0 Å². The van der Waals surface area contributed by atoms with Crippen molar-refractivity contribution in [1.29, 1.82) is 0 Å². The van der Waals surface area contributed by atoms with Crippen molar-refractivity contribution in [2.24, 2.45) is 0 Å². The van der Waals surface area contributed by atoms with Gasteiger partial charge in [-0.1, -0.05) is 51.8 Å². The minimum atomic E-state index is -0.256. The minimum Gasteiger partial charge on any atom is -0.336 e. The van der Waals surface area contributed by atoms with Gasteiger partial charge in [-0.05, 0) is 36.2 Å². The maximum Gasteiger partial charge on any atom is 0.243 e. The number of halogens is 2. The number of benzene rings is 2. The number of likely N-dealkylation sites (N-methyl/N-ethyl adjacent to an activating group) is 1. The first kappa shape index (κ1) is 18.5. The van der Waals surface area contributed by atoms with Crippen molar-refractivity contribution < 1.29 is 9.59 Å². The molecule has 0 aliphatic heterocycles. The molecule has 4 nitrogen and oxygen atoms in total. The highest BCUT2D eigenvalue weighted by Crippen LogP contribution is 2.18. The second-order valence-electron chi connectivity index (χ2n) is 5.40. The molecule has 0 aliphatic carbocycles. The number of hydrogen-bond acceptors (Lipinski definition) is 2. The van der Waals surface area contributed by atoms with Crippen molar-refractivity contribution in [1.82, 2.24) is 4.90 Å². The van der Waals surface area contributed by atoms with Crippen LogP contribution in [0.3, 0.4) is 0 Å². The van der Waals surface area contributed by atoms with Crippen LogP contribution in [-0.4, -0.2) is 30.3 Å². The molecule has 2 rings (SSSR count). The van der Waals surface area contributed by atoms with E-state index in [0.717, 1.165) is 10.0 Å². The fourth-order valence-corrected chi connectivity index (χ4v) is 2.88. The SMILES string of the molecule is CN(CC(=O)Nc1cccc(Cl)c1)C(=O)CCc1ccccc1Br. The molecule has 24 heavy (non-hydrogen) atoms. The van der Waals surface area contributed by atoms with Gasteiger partial charge in [-0.3, -0.25) is 9.59 Å². The first-order valence-corrected chi connectivity index (χ1v) is 8.65. The van der Waals surface area contributed by atoms with E-state index in [1.54, 1.807) is 31.3 Å². The van der Waals surface area contributed by atoms with E-state index in [9.17, 15) is 9.59 Å². The molecular formula is C18H18BrClN2O2. The van der Waals surface area contributed by atoms with Gasteiger partial charge in [-0.15, -0.1) is 0 Å². The van der Waals surface area contributed by atoms with Gasteiger partial charge in [0, 0.05) is 28.7 Å². The first-order chi connectivity index (χ1) is 11.5. The standard InChI is InChI=1S/C18H18BrClN2O2/c1-22(12-17(23)21-15-7-4-6-14(20)11-15)18(24)10-9-13-5-2-3-8-16(13)19/h2-8,11H,9-10,12H2,1H3,(H,21,23). The molecule has 0 saturated carbocycles. The summed E-state index contributed by atoms with van der Waals surface area (Å²) in [7, 11) is 1.62. The van der Waals surface area contributed by atoms with Crippen LogP contribution >= 0.6 is 27.5 Å². The van der Waals surface area contributed by atoms with Crippen LogP contribution < -0.4 is 5.32 Å². The third-order valence-corrected chi connectivity index (χ3v) is 4.49. The number of amides is 2. The van der Waals surface area contributed by atoms with Gasteiger partial charge in [0.05, 0.1) is 6.54 Å². The third kappa shape index (κ3) is 5.65. The van der Waals surface area contributed by atoms with E-state index in [1.165, 1.54) is 4.90 Å². The van der Waals surface area contributed by atoms with E-state index in [-0.39, 0.29) is 18.4 Å². The van der Waals surface area contributed by atoms with Gasteiger partial charge in [-0.2, -0.15) is 0 Å². The molecular weight excluding hydrogens is 392 g/mol. The Labute approximate surface area is 154 Å². The molecule has 0 unspecified atom stereocenters. The van der Waals surface area contributed by atoms with Gasteiger partial charge in [-0.25, -0.2) is 0 Å². The van der Waals surface area contributed by atoms with Crippen LogP contribution in [0.2, 0.25) is 5.02 Å². The maximum atomic E-state index is 12.2. The summed E-state index contributed by atoms with van der Waals surface area (Å²) in [5.41, 5.74) is 1.68. The number of rotatable bonds is 6. The topological polar surface area (TPSA) is 49.4 Å². The van der Waals surface area contributed by atoms with Crippen LogP contribution in [0.25, 0.3) is 0 Å². The van der Waals surface area contributed by atoms with Crippen LogP contribution in [0.15, 0.2) is 53.0 Å². The highest BCUT2D eigenvalue weighted by atomic mass is 79.9.